The van der Waals surface area contributed by atoms with Crippen LogP contribution in [0.1, 0.15) is 54.0 Å². The highest BCUT2D eigenvalue weighted by atomic mass is 32.2. The number of methoxy groups -OCH3 is 1. The average Bonchev–Trinajstić information content (AvgIpc) is 3.01. The first-order chi connectivity index (χ1) is 21.1. The minimum absolute atomic E-state index is 0.00389. The lowest BCUT2D eigenvalue weighted by molar-refractivity contribution is -0.130. The molecular weight excluding hydrogens is 600 g/mol. The summed E-state index contributed by atoms with van der Waals surface area (Å²) in [4.78, 5) is 51.5. The fourth-order valence-electron chi connectivity index (χ4n) is 4.39. The third kappa shape index (κ3) is 10.5. The van der Waals surface area contributed by atoms with Gasteiger partial charge in [-0.2, -0.15) is 12.7 Å². The van der Waals surface area contributed by atoms with Gasteiger partial charge in [0.25, 0.3) is 5.91 Å². The summed E-state index contributed by atoms with van der Waals surface area (Å²) in [5, 5.41) is 11.6. The Morgan fingerprint density at radius 1 is 0.889 bits per heavy atom. The molecule has 2 rings (SSSR count). The number of benzene rings is 2. The predicted octanol–water partition coefficient (Wildman–Crippen LogP) is 1.31. The van der Waals surface area contributed by atoms with Crippen LogP contribution >= 0.6 is 0 Å². The molecule has 14 heteroatoms. The van der Waals surface area contributed by atoms with Crippen molar-refractivity contribution in [3.05, 3.63) is 65.2 Å². The van der Waals surface area contributed by atoms with Gasteiger partial charge in [0.1, 0.15) is 6.04 Å². The Bertz CT molecular complexity index is 1430. The van der Waals surface area contributed by atoms with E-state index < -0.39 is 40.2 Å². The van der Waals surface area contributed by atoms with Crippen molar-refractivity contribution in [2.75, 3.05) is 45.6 Å². The molecule has 0 aromatic heterocycles. The van der Waals surface area contributed by atoms with E-state index in [9.17, 15) is 27.6 Å². The number of nitrogens with zero attached hydrogens (tertiary/aromatic N) is 2. The van der Waals surface area contributed by atoms with E-state index in [4.69, 9.17) is 4.74 Å². The molecule has 0 spiro atoms. The molecule has 45 heavy (non-hydrogen) atoms. The van der Waals surface area contributed by atoms with Crippen molar-refractivity contribution in [2.24, 2.45) is 5.92 Å². The van der Waals surface area contributed by atoms with E-state index in [2.05, 4.69) is 21.3 Å². The maximum absolute atomic E-state index is 13.6. The van der Waals surface area contributed by atoms with Crippen molar-refractivity contribution in [3.8, 4) is 0 Å². The molecule has 13 nitrogen and oxygen atoms in total. The molecule has 3 amide bonds. The fraction of sp³-hybridized carbons (Fsp3) is 0.484. The molecular formula is C31H46N6O7S. The Balaban J connectivity index is 2.33. The molecule has 2 aromatic rings. The minimum atomic E-state index is -3.92. The summed E-state index contributed by atoms with van der Waals surface area (Å²) in [7, 11) is 1.32. The van der Waals surface area contributed by atoms with E-state index in [1.807, 2.05) is 44.2 Å². The number of esters is 1. The SMILES string of the molecule is CCNC(=O)[C@@H](NC(=O)[C@H](C)NC[C@H](Cc1ccccc1)NC(=O)c1cc(C(=O)OC)cc(N(C)S(=O)(=O)N(C)C)c1)C(C)C. The Morgan fingerprint density at radius 3 is 2.07 bits per heavy atom. The summed E-state index contributed by atoms with van der Waals surface area (Å²) in [6, 6.07) is 11.6. The van der Waals surface area contributed by atoms with Crippen LogP contribution in [0.5, 0.6) is 0 Å². The maximum atomic E-state index is 13.6. The first kappa shape index (κ1) is 37.2. The van der Waals surface area contributed by atoms with Gasteiger partial charge in [-0.1, -0.05) is 44.2 Å². The zero-order valence-corrected chi connectivity index (χ0v) is 28.0. The summed E-state index contributed by atoms with van der Waals surface area (Å²) < 4.78 is 32.4. The molecule has 0 bridgehead atoms. The molecule has 0 fully saturated rings. The van der Waals surface area contributed by atoms with Crippen LogP contribution in [-0.4, -0.2) is 95.9 Å². The molecule has 0 saturated heterocycles. The largest absolute Gasteiger partial charge is 0.465 e. The third-order valence-electron chi connectivity index (χ3n) is 7.09. The number of ether oxygens (including phenoxy) is 1. The lowest BCUT2D eigenvalue weighted by atomic mass is 10.0. The number of hydrogen-bond acceptors (Lipinski definition) is 8. The van der Waals surface area contributed by atoms with Gasteiger partial charge >= 0.3 is 16.2 Å². The van der Waals surface area contributed by atoms with Crippen molar-refractivity contribution < 1.29 is 32.3 Å². The van der Waals surface area contributed by atoms with Crippen LogP contribution in [0.3, 0.4) is 0 Å². The highest BCUT2D eigenvalue weighted by molar-refractivity contribution is 7.90. The van der Waals surface area contributed by atoms with E-state index in [-0.39, 0.29) is 41.1 Å². The standard InChI is InChI=1S/C31H46N6O7S/c1-9-32-30(40)27(20(2)3)35-28(38)21(4)33-19-25(15-22-13-11-10-12-14-22)34-29(39)23-16-24(31(41)44-8)18-26(17-23)37(7)45(42,43)36(5)6/h10-14,16-18,20-21,25,27,33H,9,15,19H2,1-8H3,(H,32,40)(H,34,39)(H,35,38)/t21-,25-,27-/m0/s1. The van der Waals surface area contributed by atoms with Crippen molar-refractivity contribution >= 4 is 39.6 Å². The van der Waals surface area contributed by atoms with Crippen molar-refractivity contribution in [1.29, 1.82) is 0 Å². The summed E-state index contributed by atoms with van der Waals surface area (Å²) in [5.41, 5.74) is 1.06. The van der Waals surface area contributed by atoms with Gasteiger partial charge in [-0.25, -0.2) is 4.79 Å². The quantitative estimate of drug-likeness (QED) is 0.198. The van der Waals surface area contributed by atoms with Crippen LogP contribution in [0.15, 0.2) is 48.5 Å². The normalized spacial score (nSPS) is 13.5. The van der Waals surface area contributed by atoms with Crippen molar-refractivity contribution in [2.45, 2.75) is 52.2 Å². The molecule has 0 aliphatic carbocycles. The lowest BCUT2D eigenvalue weighted by Gasteiger charge is -2.26. The van der Waals surface area contributed by atoms with Gasteiger partial charge < -0.3 is 26.0 Å². The molecule has 0 saturated carbocycles. The second kappa shape index (κ2) is 16.9. The average molecular weight is 647 g/mol. The third-order valence-corrected chi connectivity index (χ3v) is 8.92. The van der Waals surface area contributed by atoms with Crippen molar-refractivity contribution in [1.82, 2.24) is 25.6 Å². The van der Waals surface area contributed by atoms with E-state index in [1.54, 1.807) is 13.8 Å². The molecule has 0 radical (unpaired) electrons. The Kier molecular flexibility index (Phi) is 14.0. The number of amides is 3. The van der Waals surface area contributed by atoms with Crippen LogP contribution in [0, 0.1) is 5.92 Å². The van der Waals surface area contributed by atoms with Crippen LogP contribution in [0.25, 0.3) is 0 Å². The number of hydrogen-bond donors (Lipinski definition) is 4. The lowest BCUT2D eigenvalue weighted by Crippen LogP contribution is -2.55. The topological polar surface area (TPSA) is 166 Å². The monoisotopic (exact) mass is 646 g/mol. The molecule has 2 aromatic carbocycles. The number of anilines is 1. The predicted molar refractivity (Wildman–Crippen MR) is 173 cm³/mol. The summed E-state index contributed by atoms with van der Waals surface area (Å²) in [5.74, 6) is -2.06. The molecule has 0 aliphatic rings. The highest BCUT2D eigenvalue weighted by Gasteiger charge is 2.27. The van der Waals surface area contributed by atoms with Gasteiger partial charge in [0.15, 0.2) is 0 Å². The Labute approximate surface area is 266 Å². The second-order valence-electron chi connectivity index (χ2n) is 11.1. The molecule has 248 valence electrons. The van der Waals surface area contributed by atoms with Gasteiger partial charge in [-0.05, 0) is 49.9 Å². The van der Waals surface area contributed by atoms with Gasteiger partial charge in [0.2, 0.25) is 11.8 Å². The molecule has 4 N–H and O–H groups in total. The van der Waals surface area contributed by atoms with Crippen LogP contribution < -0.4 is 25.6 Å². The zero-order chi connectivity index (χ0) is 33.9. The van der Waals surface area contributed by atoms with Crippen LogP contribution in [-0.2, 0) is 31.0 Å². The number of rotatable bonds is 16. The molecule has 0 aliphatic heterocycles. The van der Waals surface area contributed by atoms with E-state index in [0.717, 1.165) is 14.2 Å². The minimum Gasteiger partial charge on any atom is -0.465 e. The Morgan fingerprint density at radius 2 is 1.51 bits per heavy atom. The molecule has 0 heterocycles. The second-order valence-corrected chi connectivity index (χ2v) is 13.3. The first-order valence-electron chi connectivity index (χ1n) is 14.7. The highest BCUT2D eigenvalue weighted by Crippen LogP contribution is 2.23. The molecule has 3 atom stereocenters. The number of carbonyl (C=O) groups is 4. The summed E-state index contributed by atoms with van der Waals surface area (Å²) in [6.07, 6.45) is 0.403. The Hall–Kier alpha value is -4.01. The van der Waals surface area contributed by atoms with Gasteiger partial charge in [0.05, 0.1) is 24.4 Å². The summed E-state index contributed by atoms with van der Waals surface area (Å²) in [6.45, 7) is 7.79. The van der Waals surface area contributed by atoms with Gasteiger partial charge in [0, 0.05) is 45.8 Å². The van der Waals surface area contributed by atoms with Crippen molar-refractivity contribution in [3.63, 3.8) is 0 Å². The van der Waals surface area contributed by atoms with Crippen LogP contribution in [0.2, 0.25) is 0 Å². The number of carbonyl (C=O) groups excluding carboxylic acids is 4. The number of nitrogens with one attached hydrogen (secondary N) is 4. The van der Waals surface area contributed by atoms with Gasteiger partial charge in [-0.3, -0.25) is 18.7 Å². The van der Waals surface area contributed by atoms with Gasteiger partial charge in [-0.15, -0.1) is 0 Å². The number of likely N-dealkylation sites (N-methyl/N-ethyl adjacent to an activating group) is 1. The van der Waals surface area contributed by atoms with E-state index in [0.29, 0.717) is 13.0 Å². The molecule has 0 unspecified atom stereocenters. The van der Waals surface area contributed by atoms with E-state index >= 15 is 0 Å². The smallest absolute Gasteiger partial charge is 0.337 e. The maximum Gasteiger partial charge on any atom is 0.337 e. The first-order valence-corrected chi connectivity index (χ1v) is 16.1. The zero-order valence-electron chi connectivity index (χ0n) is 27.2. The van der Waals surface area contributed by atoms with Crippen LogP contribution in [0.4, 0.5) is 5.69 Å². The van der Waals surface area contributed by atoms with E-state index in [1.165, 1.54) is 46.5 Å². The summed E-state index contributed by atoms with van der Waals surface area (Å²) >= 11 is 0. The fourth-order valence-corrected chi connectivity index (χ4v) is 5.25.